The minimum atomic E-state index is 0.163. The van der Waals surface area contributed by atoms with Gasteiger partial charge in [0.1, 0.15) is 0 Å². The minimum Gasteiger partial charge on any atom is -0.337 e. The minimum absolute atomic E-state index is 0.163. The molecule has 1 aromatic carbocycles. The van der Waals surface area contributed by atoms with E-state index in [1.807, 2.05) is 35.2 Å². The molecule has 0 spiro atoms. The number of piperidine rings is 1. The molecule has 4 heteroatoms. The quantitative estimate of drug-likeness (QED) is 0.835. The normalized spacial score (nSPS) is 28.7. The number of fused-ring (bicyclic) bond motifs is 1. The molecule has 1 aliphatic carbocycles. The molecule has 21 heavy (non-hydrogen) atoms. The summed E-state index contributed by atoms with van der Waals surface area (Å²) in [5.41, 5.74) is 0.970. The smallest absolute Gasteiger partial charge is 0.227 e. The fourth-order valence-corrected chi connectivity index (χ4v) is 3.83. The molecule has 2 amide bonds. The second-order valence-electron chi connectivity index (χ2n) is 6.37. The lowest BCUT2D eigenvalue weighted by Crippen LogP contribution is -2.53. The van der Waals surface area contributed by atoms with Gasteiger partial charge in [-0.15, -0.1) is 0 Å². The summed E-state index contributed by atoms with van der Waals surface area (Å²) in [4.78, 5) is 28.8. The average molecular weight is 284 g/mol. The molecule has 0 radical (unpaired) electrons. The molecule has 0 unspecified atom stereocenters. The molecule has 4 rings (SSSR count). The van der Waals surface area contributed by atoms with Gasteiger partial charge in [0.25, 0.3) is 0 Å². The third-order valence-electron chi connectivity index (χ3n) is 5.01. The number of carbonyl (C=O) groups is 2. The lowest BCUT2D eigenvalue weighted by molar-refractivity contribution is -0.135. The monoisotopic (exact) mass is 284 g/mol. The highest BCUT2D eigenvalue weighted by molar-refractivity contribution is 5.95. The van der Waals surface area contributed by atoms with Crippen molar-refractivity contribution in [3.05, 3.63) is 30.3 Å². The van der Waals surface area contributed by atoms with Crippen molar-refractivity contribution in [3.8, 4) is 0 Å². The summed E-state index contributed by atoms with van der Waals surface area (Å²) in [6, 6.07) is 10.3. The summed E-state index contributed by atoms with van der Waals surface area (Å²) in [5.74, 6) is 0.791. The van der Waals surface area contributed by atoms with Crippen LogP contribution in [0.25, 0.3) is 0 Å². The molecule has 0 N–H and O–H groups in total. The Morgan fingerprint density at radius 2 is 1.76 bits per heavy atom. The third-order valence-corrected chi connectivity index (χ3v) is 5.01. The van der Waals surface area contributed by atoms with E-state index in [-0.39, 0.29) is 23.9 Å². The summed E-state index contributed by atoms with van der Waals surface area (Å²) in [6.07, 6.45) is 4.38. The molecule has 1 aromatic rings. The molecule has 0 aromatic heterocycles. The summed E-state index contributed by atoms with van der Waals surface area (Å²) >= 11 is 0. The molecule has 0 bridgehead atoms. The summed E-state index contributed by atoms with van der Waals surface area (Å²) in [7, 11) is 0. The van der Waals surface area contributed by atoms with Gasteiger partial charge in [-0.05, 0) is 37.8 Å². The maximum absolute atomic E-state index is 12.4. The van der Waals surface area contributed by atoms with E-state index in [0.29, 0.717) is 12.3 Å². The fraction of sp³-hybridized carbons (Fsp3) is 0.529. The molecule has 4 nitrogen and oxygen atoms in total. The Labute approximate surface area is 124 Å². The third kappa shape index (κ3) is 2.13. The predicted molar refractivity (Wildman–Crippen MR) is 79.8 cm³/mol. The number of anilines is 1. The summed E-state index contributed by atoms with van der Waals surface area (Å²) in [6.45, 7) is 0.807. The zero-order valence-corrected chi connectivity index (χ0v) is 12.1. The van der Waals surface area contributed by atoms with Crippen LogP contribution in [0.2, 0.25) is 0 Å². The van der Waals surface area contributed by atoms with Crippen LogP contribution in [0.4, 0.5) is 5.69 Å². The van der Waals surface area contributed by atoms with Gasteiger partial charge in [-0.3, -0.25) is 9.59 Å². The van der Waals surface area contributed by atoms with Gasteiger partial charge in [0.15, 0.2) is 0 Å². The van der Waals surface area contributed by atoms with E-state index >= 15 is 0 Å². The first-order chi connectivity index (χ1) is 10.3. The highest BCUT2D eigenvalue weighted by Gasteiger charge is 2.47. The molecule has 110 valence electrons. The lowest BCUT2D eigenvalue weighted by atomic mass is 9.95. The van der Waals surface area contributed by atoms with E-state index in [1.54, 1.807) is 0 Å². The largest absolute Gasteiger partial charge is 0.337 e. The Hall–Kier alpha value is -1.84. The second-order valence-corrected chi connectivity index (χ2v) is 6.37. The summed E-state index contributed by atoms with van der Waals surface area (Å²) in [5, 5.41) is 0. The standard InChI is InChI=1S/C17H20N2O2/c20-16-9-8-14-15(19(16)13-4-2-1-3-5-13)10-11-18(14)17(21)12-6-7-12/h1-5,12,14-15H,6-11H2/t14-,15-/m1/s1. The van der Waals surface area contributed by atoms with Crippen molar-refractivity contribution in [1.82, 2.24) is 4.90 Å². The van der Waals surface area contributed by atoms with E-state index in [1.165, 1.54) is 0 Å². The number of hydrogen-bond acceptors (Lipinski definition) is 2. The van der Waals surface area contributed by atoms with Crippen LogP contribution < -0.4 is 4.90 Å². The lowest BCUT2D eigenvalue weighted by Gasteiger charge is -2.39. The van der Waals surface area contributed by atoms with Crippen molar-refractivity contribution < 1.29 is 9.59 Å². The van der Waals surface area contributed by atoms with Gasteiger partial charge in [-0.2, -0.15) is 0 Å². The van der Waals surface area contributed by atoms with Crippen molar-refractivity contribution in [1.29, 1.82) is 0 Å². The number of hydrogen-bond donors (Lipinski definition) is 0. The van der Waals surface area contributed by atoms with Gasteiger partial charge in [-0.25, -0.2) is 0 Å². The Morgan fingerprint density at radius 3 is 2.48 bits per heavy atom. The van der Waals surface area contributed by atoms with Crippen molar-refractivity contribution in [2.24, 2.45) is 5.92 Å². The van der Waals surface area contributed by atoms with E-state index < -0.39 is 0 Å². The highest BCUT2D eigenvalue weighted by Crippen LogP contribution is 2.38. The first-order valence-corrected chi connectivity index (χ1v) is 7.93. The number of benzene rings is 1. The fourth-order valence-electron chi connectivity index (χ4n) is 3.83. The first-order valence-electron chi connectivity index (χ1n) is 7.93. The Bertz CT molecular complexity index is 567. The van der Waals surface area contributed by atoms with Crippen LogP contribution in [-0.2, 0) is 9.59 Å². The first kappa shape index (κ1) is 12.9. The molecule has 1 saturated carbocycles. The molecule has 3 fully saturated rings. The Balaban J connectivity index is 1.61. The van der Waals surface area contributed by atoms with Gasteiger partial charge in [0.05, 0.1) is 12.1 Å². The second kappa shape index (κ2) is 4.86. The van der Waals surface area contributed by atoms with E-state index in [9.17, 15) is 9.59 Å². The SMILES string of the molecule is O=C(C1CC1)N1CC[C@@H]2[C@H]1CCC(=O)N2c1ccccc1. The van der Waals surface area contributed by atoms with Crippen molar-refractivity contribution >= 4 is 17.5 Å². The average Bonchev–Trinajstić information content (AvgIpc) is 3.27. The number of likely N-dealkylation sites (tertiary alicyclic amines) is 1. The summed E-state index contributed by atoms with van der Waals surface area (Å²) < 4.78 is 0. The highest BCUT2D eigenvalue weighted by atomic mass is 16.2. The van der Waals surface area contributed by atoms with Crippen molar-refractivity contribution in [2.45, 2.75) is 44.2 Å². The molecular formula is C17H20N2O2. The van der Waals surface area contributed by atoms with Gasteiger partial charge in [0, 0.05) is 24.6 Å². The zero-order chi connectivity index (χ0) is 14.4. The van der Waals surface area contributed by atoms with Gasteiger partial charge >= 0.3 is 0 Å². The van der Waals surface area contributed by atoms with Crippen LogP contribution in [0, 0.1) is 5.92 Å². The van der Waals surface area contributed by atoms with E-state index in [2.05, 4.69) is 4.90 Å². The Morgan fingerprint density at radius 1 is 1.00 bits per heavy atom. The van der Waals surface area contributed by atoms with Crippen LogP contribution >= 0.6 is 0 Å². The zero-order valence-electron chi connectivity index (χ0n) is 12.1. The number of nitrogens with zero attached hydrogens (tertiary/aromatic N) is 2. The van der Waals surface area contributed by atoms with Crippen LogP contribution in [0.5, 0.6) is 0 Å². The molecular weight excluding hydrogens is 264 g/mol. The molecule has 2 saturated heterocycles. The topological polar surface area (TPSA) is 40.6 Å². The molecule has 2 aliphatic heterocycles. The molecule has 3 aliphatic rings. The van der Waals surface area contributed by atoms with E-state index in [0.717, 1.165) is 37.9 Å². The molecule has 2 atom stereocenters. The van der Waals surface area contributed by atoms with Crippen LogP contribution in [0.15, 0.2) is 30.3 Å². The van der Waals surface area contributed by atoms with Crippen molar-refractivity contribution in [3.63, 3.8) is 0 Å². The number of carbonyl (C=O) groups excluding carboxylic acids is 2. The maximum Gasteiger partial charge on any atom is 0.227 e. The van der Waals surface area contributed by atoms with Crippen LogP contribution in [0.1, 0.15) is 32.1 Å². The molecule has 2 heterocycles. The number of amides is 2. The van der Waals surface area contributed by atoms with E-state index in [4.69, 9.17) is 0 Å². The van der Waals surface area contributed by atoms with Gasteiger partial charge < -0.3 is 9.80 Å². The predicted octanol–water partition coefficient (Wildman–Crippen LogP) is 2.19. The number of rotatable bonds is 2. The van der Waals surface area contributed by atoms with Crippen LogP contribution in [-0.4, -0.2) is 35.3 Å². The van der Waals surface area contributed by atoms with Gasteiger partial charge in [-0.1, -0.05) is 18.2 Å². The maximum atomic E-state index is 12.4. The van der Waals surface area contributed by atoms with Crippen molar-refractivity contribution in [2.75, 3.05) is 11.4 Å². The Kier molecular flexibility index (Phi) is 2.98. The van der Waals surface area contributed by atoms with Gasteiger partial charge in [0.2, 0.25) is 11.8 Å². The van der Waals surface area contributed by atoms with Crippen LogP contribution in [0.3, 0.4) is 0 Å². The number of para-hydroxylation sites is 1.